The lowest BCUT2D eigenvalue weighted by atomic mass is 10.2. The Hall–Kier alpha value is -1.51. The van der Waals surface area contributed by atoms with Crippen LogP contribution in [-0.2, 0) is 19.4 Å². The molecule has 1 saturated heterocycles. The molecule has 1 aliphatic rings. The molecule has 0 radical (unpaired) electrons. The summed E-state index contributed by atoms with van der Waals surface area (Å²) in [6, 6.07) is 2.26. The number of hydrogen-bond donors (Lipinski definition) is 1. The van der Waals surface area contributed by atoms with E-state index in [1.54, 1.807) is 0 Å². The molecule has 2 atom stereocenters. The summed E-state index contributed by atoms with van der Waals surface area (Å²) in [5, 5.41) is 0.310. The van der Waals surface area contributed by atoms with Crippen molar-refractivity contribution in [1.82, 2.24) is 4.90 Å². The lowest BCUT2D eigenvalue weighted by Gasteiger charge is -2.26. The van der Waals surface area contributed by atoms with Crippen LogP contribution < -0.4 is 5.73 Å². The van der Waals surface area contributed by atoms with Crippen LogP contribution >= 0.6 is 23.2 Å². The van der Waals surface area contributed by atoms with E-state index in [1.165, 1.54) is 31.0 Å². The van der Waals surface area contributed by atoms with Gasteiger partial charge < -0.3 is 15.4 Å². The maximum atomic E-state index is 12.4. The maximum Gasteiger partial charge on any atom is 0.341 e. The number of hydrogen-bond acceptors (Lipinski definition) is 6. The quantitative estimate of drug-likeness (QED) is 0.600. The first-order chi connectivity index (χ1) is 11.5. The van der Waals surface area contributed by atoms with Crippen molar-refractivity contribution < 1.29 is 22.7 Å². The fraction of sp³-hybridized carbons (Fsp3) is 0.467. The molecule has 2 N–H and O–H groups in total. The predicted molar refractivity (Wildman–Crippen MR) is 95.6 cm³/mol. The number of carbonyl (C=O) groups excluding carboxylic acids is 2. The lowest BCUT2D eigenvalue weighted by molar-refractivity contribution is -0.140. The van der Waals surface area contributed by atoms with E-state index < -0.39 is 33.9 Å². The third kappa shape index (κ3) is 4.56. The van der Waals surface area contributed by atoms with Crippen LogP contribution in [0.25, 0.3) is 0 Å². The number of esters is 1. The summed E-state index contributed by atoms with van der Waals surface area (Å²) in [4.78, 5) is 25.9. The van der Waals surface area contributed by atoms with Gasteiger partial charge in [-0.2, -0.15) is 0 Å². The second-order valence-corrected chi connectivity index (χ2v) is 8.97. The van der Waals surface area contributed by atoms with Crippen molar-refractivity contribution in [3.8, 4) is 0 Å². The molecule has 1 aromatic rings. The first-order valence-electron chi connectivity index (χ1n) is 7.44. The Morgan fingerprint density at radius 2 is 2.00 bits per heavy atom. The number of sulfone groups is 1. The van der Waals surface area contributed by atoms with Gasteiger partial charge in [0.25, 0.3) is 5.91 Å². The highest BCUT2D eigenvalue weighted by Crippen LogP contribution is 2.28. The van der Waals surface area contributed by atoms with Crippen LogP contribution in [0.2, 0.25) is 10.0 Å². The number of nitrogens with two attached hydrogens (primary N) is 1. The Morgan fingerprint density at radius 1 is 1.36 bits per heavy atom. The predicted octanol–water partition coefficient (Wildman–Crippen LogP) is 1.77. The van der Waals surface area contributed by atoms with Crippen molar-refractivity contribution in [2.24, 2.45) is 0 Å². The van der Waals surface area contributed by atoms with Gasteiger partial charge in [0.15, 0.2) is 15.9 Å². The van der Waals surface area contributed by atoms with Gasteiger partial charge in [-0.1, -0.05) is 23.2 Å². The Morgan fingerprint density at radius 3 is 2.56 bits per heavy atom. The van der Waals surface area contributed by atoms with E-state index in [4.69, 9.17) is 33.7 Å². The molecule has 0 spiro atoms. The SMILES string of the molecule is C[C@@H](OC(=O)c1cc(Cl)cc(Cl)c1N)C(=O)N(C)[C@H]1CCS(=O)(=O)C1. The van der Waals surface area contributed by atoms with Crippen molar-refractivity contribution in [1.29, 1.82) is 0 Å². The summed E-state index contributed by atoms with van der Waals surface area (Å²) in [6.07, 6.45) is -0.750. The van der Waals surface area contributed by atoms with Crippen LogP contribution in [0.5, 0.6) is 0 Å². The maximum absolute atomic E-state index is 12.4. The number of benzene rings is 1. The van der Waals surface area contributed by atoms with E-state index in [0.29, 0.717) is 6.42 Å². The van der Waals surface area contributed by atoms with Crippen molar-refractivity contribution in [3.05, 3.63) is 27.7 Å². The molecule has 1 aliphatic heterocycles. The average Bonchev–Trinajstić information content (AvgIpc) is 2.89. The summed E-state index contributed by atoms with van der Waals surface area (Å²) in [5.41, 5.74) is 5.71. The number of ether oxygens (including phenoxy) is 1. The van der Waals surface area contributed by atoms with Crippen LogP contribution in [0, 0.1) is 0 Å². The fourth-order valence-electron chi connectivity index (χ4n) is 2.58. The highest BCUT2D eigenvalue weighted by Gasteiger charge is 2.35. The highest BCUT2D eigenvalue weighted by molar-refractivity contribution is 7.91. The number of nitrogen functional groups attached to an aromatic ring is 1. The molecule has 0 unspecified atom stereocenters. The van der Waals surface area contributed by atoms with Crippen LogP contribution in [0.3, 0.4) is 0 Å². The van der Waals surface area contributed by atoms with Crippen molar-refractivity contribution in [3.63, 3.8) is 0 Å². The molecular formula is C15H18Cl2N2O5S. The number of nitrogens with zero attached hydrogens (tertiary/aromatic N) is 1. The Bertz CT molecular complexity index is 812. The molecule has 0 aromatic heterocycles. The molecule has 2 rings (SSSR count). The number of amides is 1. The van der Waals surface area contributed by atoms with E-state index >= 15 is 0 Å². The molecule has 1 amide bonds. The number of likely N-dealkylation sites (N-methyl/N-ethyl adjacent to an activating group) is 1. The first kappa shape index (κ1) is 19.8. The van der Waals surface area contributed by atoms with E-state index in [0.717, 1.165) is 0 Å². The summed E-state index contributed by atoms with van der Waals surface area (Å²) >= 11 is 11.7. The van der Waals surface area contributed by atoms with Crippen LogP contribution in [0.4, 0.5) is 5.69 Å². The molecule has 0 aliphatic carbocycles. The zero-order valence-electron chi connectivity index (χ0n) is 13.7. The minimum Gasteiger partial charge on any atom is -0.449 e. The van der Waals surface area contributed by atoms with Gasteiger partial charge in [0, 0.05) is 18.1 Å². The normalized spacial score (nSPS) is 20.1. The van der Waals surface area contributed by atoms with Gasteiger partial charge >= 0.3 is 5.97 Å². The van der Waals surface area contributed by atoms with E-state index in [2.05, 4.69) is 0 Å². The molecule has 7 nitrogen and oxygen atoms in total. The van der Waals surface area contributed by atoms with Crippen LogP contribution in [0.15, 0.2) is 12.1 Å². The lowest BCUT2D eigenvalue weighted by Crippen LogP contribution is -2.44. The molecule has 0 bridgehead atoms. The van der Waals surface area contributed by atoms with Gasteiger partial charge in [-0.15, -0.1) is 0 Å². The van der Waals surface area contributed by atoms with E-state index in [1.807, 2.05) is 0 Å². The topological polar surface area (TPSA) is 107 Å². The Balaban J connectivity index is 2.07. The van der Waals surface area contributed by atoms with E-state index in [-0.39, 0.29) is 32.8 Å². The molecule has 0 saturated carbocycles. The standard InChI is InChI=1S/C15H18Cl2N2O5S/c1-8(14(20)19(2)10-3-4-25(22,23)7-10)24-15(21)11-5-9(16)6-12(17)13(11)18/h5-6,8,10H,3-4,7,18H2,1-2H3/t8-,10+/m1/s1. The number of carbonyl (C=O) groups is 2. The fourth-order valence-corrected chi connectivity index (χ4v) is 4.84. The smallest absolute Gasteiger partial charge is 0.341 e. The van der Waals surface area contributed by atoms with Gasteiger partial charge in [-0.3, -0.25) is 4.79 Å². The van der Waals surface area contributed by atoms with Crippen molar-refractivity contribution >= 4 is 50.6 Å². The molecule has 25 heavy (non-hydrogen) atoms. The summed E-state index contributed by atoms with van der Waals surface area (Å²) in [5.74, 6) is -1.38. The molecular weight excluding hydrogens is 391 g/mol. The van der Waals surface area contributed by atoms with Crippen LogP contribution in [-0.4, -0.2) is 55.9 Å². The minimum absolute atomic E-state index is 0.00552. The largest absolute Gasteiger partial charge is 0.449 e. The zero-order valence-corrected chi connectivity index (χ0v) is 16.0. The molecule has 1 fully saturated rings. The van der Waals surface area contributed by atoms with Gasteiger partial charge in [0.2, 0.25) is 0 Å². The van der Waals surface area contributed by atoms with Crippen molar-refractivity contribution in [2.75, 3.05) is 24.3 Å². The number of rotatable bonds is 4. The summed E-state index contributed by atoms with van der Waals surface area (Å²) < 4.78 is 28.2. The van der Waals surface area contributed by atoms with Gasteiger partial charge in [0.05, 0.1) is 27.8 Å². The highest BCUT2D eigenvalue weighted by atomic mass is 35.5. The number of anilines is 1. The monoisotopic (exact) mass is 408 g/mol. The molecule has 1 heterocycles. The third-order valence-electron chi connectivity index (χ3n) is 4.05. The van der Waals surface area contributed by atoms with E-state index in [9.17, 15) is 18.0 Å². The van der Waals surface area contributed by atoms with Gasteiger partial charge in [-0.25, -0.2) is 13.2 Å². The number of halogens is 2. The van der Waals surface area contributed by atoms with Crippen LogP contribution in [0.1, 0.15) is 23.7 Å². The minimum atomic E-state index is -3.13. The summed E-state index contributed by atoms with van der Waals surface area (Å²) in [6.45, 7) is 1.41. The third-order valence-corrected chi connectivity index (χ3v) is 6.33. The Labute approximate surface area is 155 Å². The second kappa shape index (κ2) is 7.39. The zero-order chi connectivity index (χ0) is 18.9. The van der Waals surface area contributed by atoms with Gasteiger partial charge in [-0.05, 0) is 25.5 Å². The first-order valence-corrected chi connectivity index (χ1v) is 10.0. The second-order valence-electron chi connectivity index (χ2n) is 5.90. The van der Waals surface area contributed by atoms with Gasteiger partial charge in [0.1, 0.15) is 0 Å². The molecule has 10 heteroatoms. The average molecular weight is 409 g/mol. The molecule has 1 aromatic carbocycles. The Kier molecular flexibility index (Phi) is 5.86. The van der Waals surface area contributed by atoms with Crippen molar-refractivity contribution in [2.45, 2.75) is 25.5 Å². The summed E-state index contributed by atoms with van der Waals surface area (Å²) in [7, 11) is -1.64. The molecule has 138 valence electrons.